The second kappa shape index (κ2) is 5.84. The largest absolute Gasteiger partial charge is 0.341 e. The molecule has 1 heteroatoms. The van der Waals surface area contributed by atoms with Crippen LogP contribution in [0.15, 0.2) is 84.9 Å². The number of hydrogen-bond acceptors (Lipinski definition) is 0. The molecule has 1 aromatic heterocycles. The maximum absolute atomic E-state index is 2.44. The minimum absolute atomic E-state index is 0.978. The summed E-state index contributed by atoms with van der Waals surface area (Å²) in [6, 6.07) is 31.3. The molecule has 28 heavy (non-hydrogen) atoms. The van der Waals surface area contributed by atoms with E-state index in [1.165, 1.54) is 55.2 Å². The molecular weight excluding hydrogens is 338 g/mol. The van der Waals surface area contributed by atoms with Crippen LogP contribution in [0, 0.1) is 0 Å². The van der Waals surface area contributed by atoms with Gasteiger partial charge in [0, 0.05) is 28.4 Å². The quantitative estimate of drug-likeness (QED) is 0.312. The summed E-state index contributed by atoms with van der Waals surface area (Å²) in [4.78, 5) is 0. The zero-order chi connectivity index (χ0) is 18.7. The molecule has 134 valence electrons. The molecule has 0 saturated carbocycles. The number of rotatable bonds is 2. The van der Waals surface area contributed by atoms with Gasteiger partial charge in [0.2, 0.25) is 0 Å². The van der Waals surface area contributed by atoms with Crippen LogP contribution in [0.1, 0.15) is 18.1 Å². The Labute approximate surface area is 164 Å². The second-order valence-electron chi connectivity index (χ2n) is 7.66. The predicted molar refractivity (Wildman–Crippen MR) is 119 cm³/mol. The fourth-order valence-electron chi connectivity index (χ4n) is 4.99. The lowest BCUT2D eigenvalue weighted by atomic mass is 9.95. The molecule has 0 radical (unpaired) electrons. The maximum atomic E-state index is 2.44. The van der Waals surface area contributed by atoms with Gasteiger partial charge in [-0.15, -0.1) is 0 Å². The monoisotopic (exact) mass is 359 g/mol. The van der Waals surface area contributed by atoms with Crippen LogP contribution in [0.4, 0.5) is 0 Å². The second-order valence-corrected chi connectivity index (χ2v) is 7.66. The first kappa shape index (κ1) is 15.7. The van der Waals surface area contributed by atoms with Crippen molar-refractivity contribution in [1.82, 2.24) is 4.57 Å². The zero-order valence-corrected chi connectivity index (χ0v) is 15.9. The number of aromatic nitrogens is 1. The SMILES string of the molecule is CCn1c2ccccc2c2ccc(-c3cccc4c3Cc3ccccc3-4)cc21. The molecular formula is C27H21N. The molecule has 0 atom stereocenters. The molecule has 1 aliphatic carbocycles. The Bertz CT molecular complexity index is 1370. The molecule has 1 nitrogen and oxygen atoms in total. The fraction of sp³-hybridized carbons (Fsp3) is 0.111. The fourth-order valence-corrected chi connectivity index (χ4v) is 4.99. The van der Waals surface area contributed by atoms with Gasteiger partial charge in [-0.25, -0.2) is 0 Å². The van der Waals surface area contributed by atoms with Crippen molar-refractivity contribution in [2.75, 3.05) is 0 Å². The van der Waals surface area contributed by atoms with Gasteiger partial charge < -0.3 is 4.57 Å². The predicted octanol–water partition coefficient (Wildman–Crippen LogP) is 7.05. The summed E-state index contributed by atoms with van der Waals surface area (Å²) in [7, 11) is 0. The van der Waals surface area contributed by atoms with E-state index in [-0.39, 0.29) is 0 Å². The third-order valence-corrected chi connectivity index (χ3v) is 6.25. The van der Waals surface area contributed by atoms with Gasteiger partial charge in [0.15, 0.2) is 0 Å². The number of hydrogen-bond donors (Lipinski definition) is 0. The van der Waals surface area contributed by atoms with E-state index in [9.17, 15) is 0 Å². The Morgan fingerprint density at radius 2 is 1.43 bits per heavy atom. The normalized spacial score (nSPS) is 12.5. The number of nitrogens with zero attached hydrogens (tertiary/aromatic N) is 1. The van der Waals surface area contributed by atoms with Gasteiger partial charge in [0.05, 0.1) is 0 Å². The molecule has 0 saturated heterocycles. The highest BCUT2D eigenvalue weighted by atomic mass is 15.0. The highest BCUT2D eigenvalue weighted by Crippen LogP contribution is 2.42. The van der Waals surface area contributed by atoms with Crippen molar-refractivity contribution in [1.29, 1.82) is 0 Å². The lowest BCUT2D eigenvalue weighted by molar-refractivity contribution is 0.827. The first-order valence-electron chi connectivity index (χ1n) is 10.1. The summed E-state index contributed by atoms with van der Waals surface area (Å²) in [5, 5.41) is 2.69. The Balaban J connectivity index is 1.60. The van der Waals surface area contributed by atoms with E-state index in [0.29, 0.717) is 0 Å². The molecule has 0 spiro atoms. The van der Waals surface area contributed by atoms with Crippen LogP contribution in [0.25, 0.3) is 44.1 Å². The van der Waals surface area contributed by atoms with Crippen LogP contribution in [0.5, 0.6) is 0 Å². The number of aryl methyl sites for hydroxylation is 1. The molecule has 0 aliphatic heterocycles. The molecule has 0 fully saturated rings. The van der Waals surface area contributed by atoms with Gasteiger partial charge in [-0.3, -0.25) is 0 Å². The summed E-state index contributed by atoms with van der Waals surface area (Å²) in [6.45, 7) is 3.21. The third kappa shape index (κ3) is 2.07. The van der Waals surface area contributed by atoms with Crippen molar-refractivity contribution in [3.05, 3.63) is 96.1 Å². The van der Waals surface area contributed by atoms with Crippen molar-refractivity contribution in [3.63, 3.8) is 0 Å². The van der Waals surface area contributed by atoms with E-state index in [1.54, 1.807) is 0 Å². The van der Waals surface area contributed by atoms with Crippen molar-refractivity contribution in [3.8, 4) is 22.3 Å². The topological polar surface area (TPSA) is 4.93 Å². The lowest BCUT2D eigenvalue weighted by Gasteiger charge is -2.10. The summed E-state index contributed by atoms with van der Waals surface area (Å²) in [6.07, 6.45) is 1.02. The highest BCUT2D eigenvalue weighted by molar-refractivity contribution is 6.09. The van der Waals surface area contributed by atoms with E-state index in [2.05, 4.69) is 96.4 Å². The van der Waals surface area contributed by atoms with E-state index < -0.39 is 0 Å². The average molecular weight is 359 g/mol. The van der Waals surface area contributed by atoms with Gasteiger partial charge in [-0.1, -0.05) is 72.8 Å². The zero-order valence-electron chi connectivity index (χ0n) is 15.9. The molecule has 1 aliphatic rings. The van der Waals surface area contributed by atoms with E-state index in [4.69, 9.17) is 0 Å². The van der Waals surface area contributed by atoms with Crippen molar-refractivity contribution < 1.29 is 0 Å². The molecule has 0 unspecified atom stereocenters. The summed E-state index contributed by atoms with van der Waals surface area (Å²) < 4.78 is 2.44. The minimum atomic E-state index is 0.978. The van der Waals surface area contributed by atoms with Crippen LogP contribution in [-0.2, 0) is 13.0 Å². The maximum Gasteiger partial charge on any atom is 0.0497 e. The van der Waals surface area contributed by atoms with E-state index in [0.717, 1.165) is 13.0 Å². The summed E-state index contributed by atoms with van der Waals surface area (Å²) >= 11 is 0. The van der Waals surface area contributed by atoms with E-state index >= 15 is 0 Å². The highest BCUT2D eigenvalue weighted by Gasteiger charge is 2.21. The lowest BCUT2D eigenvalue weighted by Crippen LogP contribution is -1.93. The van der Waals surface area contributed by atoms with Gasteiger partial charge in [-0.05, 0) is 58.9 Å². The molecule has 6 rings (SSSR count). The Hall–Kier alpha value is -3.32. The van der Waals surface area contributed by atoms with Gasteiger partial charge in [0.1, 0.15) is 0 Å². The van der Waals surface area contributed by atoms with Gasteiger partial charge >= 0.3 is 0 Å². The first-order valence-corrected chi connectivity index (χ1v) is 10.1. The number of fused-ring (bicyclic) bond motifs is 6. The van der Waals surface area contributed by atoms with Gasteiger partial charge in [-0.2, -0.15) is 0 Å². The average Bonchev–Trinajstić information content (AvgIpc) is 3.28. The minimum Gasteiger partial charge on any atom is -0.341 e. The molecule has 5 aromatic rings. The van der Waals surface area contributed by atoms with Crippen LogP contribution >= 0.6 is 0 Å². The molecule has 0 amide bonds. The summed E-state index contributed by atoms with van der Waals surface area (Å²) in [5.74, 6) is 0. The molecule has 0 N–H and O–H groups in total. The Kier molecular flexibility index (Phi) is 3.28. The van der Waals surface area contributed by atoms with Crippen molar-refractivity contribution >= 4 is 21.8 Å². The molecule has 1 heterocycles. The Morgan fingerprint density at radius 3 is 2.36 bits per heavy atom. The first-order chi connectivity index (χ1) is 13.8. The standard InChI is InChI=1S/C27H21N/c1-2-28-26-13-6-5-10-23(26)24-15-14-19(17-27(24)28)21-11-7-12-22-20-9-4-3-8-18(20)16-25(21)22/h3-15,17H,2,16H2,1H3. The Morgan fingerprint density at radius 1 is 0.679 bits per heavy atom. The summed E-state index contributed by atoms with van der Waals surface area (Å²) in [5.41, 5.74) is 11.0. The van der Waals surface area contributed by atoms with Gasteiger partial charge in [0.25, 0.3) is 0 Å². The van der Waals surface area contributed by atoms with Crippen molar-refractivity contribution in [2.45, 2.75) is 19.9 Å². The number of para-hydroxylation sites is 1. The van der Waals surface area contributed by atoms with Crippen LogP contribution in [0.3, 0.4) is 0 Å². The van der Waals surface area contributed by atoms with E-state index in [1.807, 2.05) is 0 Å². The number of benzene rings is 4. The third-order valence-electron chi connectivity index (χ3n) is 6.25. The van der Waals surface area contributed by atoms with Crippen LogP contribution in [-0.4, -0.2) is 4.57 Å². The molecule has 4 aromatic carbocycles. The molecule has 0 bridgehead atoms. The smallest absolute Gasteiger partial charge is 0.0497 e. The van der Waals surface area contributed by atoms with Crippen molar-refractivity contribution in [2.24, 2.45) is 0 Å². The van der Waals surface area contributed by atoms with Crippen LogP contribution in [0.2, 0.25) is 0 Å². The van der Waals surface area contributed by atoms with Crippen LogP contribution < -0.4 is 0 Å².